The van der Waals surface area contributed by atoms with E-state index in [1.54, 1.807) is 23.3 Å². The van der Waals surface area contributed by atoms with Gasteiger partial charge in [0.25, 0.3) is 0 Å². The Labute approximate surface area is 127 Å². The zero-order valence-electron chi connectivity index (χ0n) is 11.9. The van der Waals surface area contributed by atoms with Gasteiger partial charge in [0.1, 0.15) is 11.0 Å². The van der Waals surface area contributed by atoms with E-state index in [0.29, 0.717) is 17.5 Å². The van der Waals surface area contributed by atoms with Gasteiger partial charge in [0, 0.05) is 26.0 Å². The molecule has 3 aromatic heterocycles. The molecule has 0 fully saturated rings. The van der Waals surface area contributed by atoms with E-state index in [-0.39, 0.29) is 0 Å². The Balaban J connectivity index is 1.79. The second kappa shape index (κ2) is 5.75. The molecular formula is C14H15ClN6. The first kappa shape index (κ1) is 13.9. The van der Waals surface area contributed by atoms with Gasteiger partial charge in [-0.05, 0) is 24.7 Å². The van der Waals surface area contributed by atoms with Crippen molar-refractivity contribution in [2.45, 2.75) is 13.1 Å². The highest BCUT2D eigenvalue weighted by Crippen LogP contribution is 2.19. The third kappa shape index (κ3) is 3.01. The molecule has 7 heteroatoms. The highest BCUT2D eigenvalue weighted by Gasteiger charge is 2.11. The fourth-order valence-electron chi connectivity index (χ4n) is 2.20. The molecule has 0 unspecified atom stereocenters. The van der Waals surface area contributed by atoms with Crippen LogP contribution in [0.25, 0.3) is 11.0 Å². The van der Waals surface area contributed by atoms with Crippen LogP contribution in [0.3, 0.4) is 0 Å². The number of fused-ring (bicyclic) bond motifs is 1. The summed E-state index contributed by atoms with van der Waals surface area (Å²) in [5, 5.41) is 5.38. The summed E-state index contributed by atoms with van der Waals surface area (Å²) in [6.45, 7) is 1.41. The summed E-state index contributed by atoms with van der Waals surface area (Å²) in [5.41, 5.74) is 1.95. The number of hydrogen-bond acceptors (Lipinski definition) is 5. The van der Waals surface area contributed by atoms with Gasteiger partial charge >= 0.3 is 0 Å². The molecule has 3 aromatic rings. The number of rotatable bonds is 4. The molecule has 0 aliphatic heterocycles. The lowest BCUT2D eigenvalue weighted by Gasteiger charge is -2.15. The smallest absolute Gasteiger partial charge is 0.162 e. The van der Waals surface area contributed by atoms with E-state index in [1.165, 1.54) is 5.56 Å². The number of aromatic nitrogens is 5. The Bertz CT molecular complexity index is 755. The monoisotopic (exact) mass is 302 g/mol. The molecule has 0 aromatic carbocycles. The van der Waals surface area contributed by atoms with Crippen molar-refractivity contribution in [3.63, 3.8) is 0 Å². The van der Waals surface area contributed by atoms with Crippen LogP contribution in [0.4, 0.5) is 0 Å². The molecule has 0 aliphatic carbocycles. The summed E-state index contributed by atoms with van der Waals surface area (Å²) in [6.07, 6.45) is 5.26. The Hall–Kier alpha value is -2.05. The Morgan fingerprint density at radius 3 is 2.71 bits per heavy atom. The molecule has 21 heavy (non-hydrogen) atoms. The van der Waals surface area contributed by atoms with Crippen molar-refractivity contribution in [3.05, 3.63) is 47.3 Å². The fourth-order valence-corrected chi connectivity index (χ4v) is 2.43. The third-order valence-electron chi connectivity index (χ3n) is 3.21. The number of pyridine rings is 1. The van der Waals surface area contributed by atoms with E-state index >= 15 is 0 Å². The van der Waals surface area contributed by atoms with Crippen molar-refractivity contribution in [3.8, 4) is 0 Å². The molecule has 0 saturated heterocycles. The average molecular weight is 303 g/mol. The van der Waals surface area contributed by atoms with E-state index in [2.05, 4.69) is 25.0 Å². The minimum atomic E-state index is 0.445. The topological polar surface area (TPSA) is 59.7 Å². The summed E-state index contributed by atoms with van der Waals surface area (Å²) >= 11 is 6.19. The molecule has 108 valence electrons. The molecule has 0 spiro atoms. The number of aryl methyl sites for hydroxylation is 1. The molecule has 3 rings (SSSR count). The van der Waals surface area contributed by atoms with Crippen molar-refractivity contribution in [2.75, 3.05) is 7.05 Å². The quantitative estimate of drug-likeness (QED) is 0.690. The maximum absolute atomic E-state index is 6.19. The first-order valence-electron chi connectivity index (χ1n) is 6.55. The van der Waals surface area contributed by atoms with Crippen molar-refractivity contribution >= 4 is 22.6 Å². The molecule has 0 atom stereocenters. The second-order valence-electron chi connectivity index (χ2n) is 4.96. The Morgan fingerprint density at radius 2 is 1.95 bits per heavy atom. The molecule has 0 N–H and O–H groups in total. The van der Waals surface area contributed by atoms with Crippen LogP contribution in [0.1, 0.15) is 11.4 Å². The summed E-state index contributed by atoms with van der Waals surface area (Å²) in [4.78, 5) is 15.0. The lowest BCUT2D eigenvalue weighted by atomic mass is 10.2. The zero-order valence-corrected chi connectivity index (χ0v) is 12.6. The molecule has 0 amide bonds. The van der Waals surface area contributed by atoms with Crippen molar-refractivity contribution in [1.82, 2.24) is 29.6 Å². The van der Waals surface area contributed by atoms with Crippen molar-refractivity contribution in [1.29, 1.82) is 0 Å². The summed E-state index contributed by atoms with van der Waals surface area (Å²) in [7, 11) is 3.86. The third-order valence-corrected chi connectivity index (χ3v) is 3.49. The fraction of sp³-hybridized carbons (Fsp3) is 0.286. The summed E-state index contributed by atoms with van der Waals surface area (Å²) < 4.78 is 1.70. The maximum Gasteiger partial charge on any atom is 0.162 e. The predicted molar refractivity (Wildman–Crippen MR) is 80.7 cm³/mol. The first-order chi connectivity index (χ1) is 10.1. The molecule has 0 aliphatic rings. The van der Waals surface area contributed by atoms with Gasteiger partial charge in [-0.25, -0.2) is 9.97 Å². The zero-order chi connectivity index (χ0) is 14.8. The molecule has 0 saturated carbocycles. The van der Waals surface area contributed by atoms with Gasteiger partial charge in [-0.15, -0.1) is 0 Å². The standard InChI is InChI=1S/C14H15ClN6/c1-20(8-10-3-5-16-6-4-10)9-12-18-13(15)11-7-17-21(2)14(11)19-12/h3-7H,8-9H2,1-2H3. The van der Waals surface area contributed by atoms with Crippen molar-refractivity contribution < 1.29 is 0 Å². The predicted octanol–water partition coefficient (Wildman–Crippen LogP) is 2.04. The van der Waals surface area contributed by atoms with Crippen LogP contribution in [-0.4, -0.2) is 36.7 Å². The van der Waals surface area contributed by atoms with E-state index in [1.807, 2.05) is 26.2 Å². The van der Waals surface area contributed by atoms with Gasteiger partial charge in [-0.1, -0.05) is 11.6 Å². The number of hydrogen-bond donors (Lipinski definition) is 0. The van der Waals surface area contributed by atoms with Gasteiger partial charge in [-0.2, -0.15) is 5.10 Å². The highest BCUT2D eigenvalue weighted by molar-refractivity contribution is 6.33. The largest absolute Gasteiger partial charge is 0.295 e. The Kier molecular flexibility index (Phi) is 3.81. The van der Waals surface area contributed by atoms with Gasteiger partial charge in [0.2, 0.25) is 0 Å². The van der Waals surface area contributed by atoms with Crippen molar-refractivity contribution in [2.24, 2.45) is 7.05 Å². The summed E-state index contributed by atoms with van der Waals surface area (Å²) in [5.74, 6) is 0.688. The van der Waals surface area contributed by atoms with Crippen LogP contribution in [0.15, 0.2) is 30.7 Å². The second-order valence-corrected chi connectivity index (χ2v) is 5.32. The SMILES string of the molecule is CN(Cc1ccncc1)Cc1nc(Cl)c2cnn(C)c2n1. The number of halogens is 1. The van der Waals surface area contributed by atoms with Gasteiger partial charge in [-0.3, -0.25) is 14.6 Å². The van der Waals surface area contributed by atoms with Gasteiger partial charge in [0.15, 0.2) is 5.65 Å². The molecular weight excluding hydrogens is 288 g/mol. The minimum absolute atomic E-state index is 0.445. The minimum Gasteiger partial charge on any atom is -0.295 e. The van der Waals surface area contributed by atoms with E-state index < -0.39 is 0 Å². The van der Waals surface area contributed by atoms with E-state index in [0.717, 1.165) is 17.6 Å². The van der Waals surface area contributed by atoms with Gasteiger partial charge < -0.3 is 0 Å². The lowest BCUT2D eigenvalue weighted by Crippen LogP contribution is -2.19. The average Bonchev–Trinajstić information content (AvgIpc) is 2.82. The molecule has 6 nitrogen and oxygen atoms in total. The van der Waals surface area contributed by atoms with Crippen LogP contribution in [-0.2, 0) is 20.1 Å². The number of nitrogens with zero attached hydrogens (tertiary/aromatic N) is 6. The lowest BCUT2D eigenvalue weighted by molar-refractivity contribution is 0.311. The molecule has 0 radical (unpaired) electrons. The van der Waals surface area contributed by atoms with Crippen LogP contribution >= 0.6 is 11.6 Å². The highest BCUT2D eigenvalue weighted by atomic mass is 35.5. The van der Waals surface area contributed by atoms with Crippen LogP contribution < -0.4 is 0 Å². The first-order valence-corrected chi connectivity index (χ1v) is 6.93. The Morgan fingerprint density at radius 1 is 1.19 bits per heavy atom. The van der Waals surface area contributed by atoms with E-state index in [4.69, 9.17) is 11.6 Å². The molecule has 3 heterocycles. The van der Waals surface area contributed by atoms with Crippen LogP contribution in [0.2, 0.25) is 5.15 Å². The molecule has 0 bridgehead atoms. The van der Waals surface area contributed by atoms with Crippen LogP contribution in [0, 0.1) is 0 Å². The van der Waals surface area contributed by atoms with Gasteiger partial charge in [0.05, 0.1) is 18.1 Å². The summed E-state index contributed by atoms with van der Waals surface area (Å²) in [6, 6.07) is 3.99. The van der Waals surface area contributed by atoms with E-state index in [9.17, 15) is 0 Å². The van der Waals surface area contributed by atoms with Crippen LogP contribution in [0.5, 0.6) is 0 Å². The normalized spacial score (nSPS) is 11.4. The maximum atomic E-state index is 6.19.